The summed E-state index contributed by atoms with van der Waals surface area (Å²) in [7, 11) is 0. The zero-order chi connectivity index (χ0) is 17.1. The van der Waals surface area contributed by atoms with Crippen LogP contribution >= 0.6 is 0 Å². The number of carbonyl (C=O) groups is 1. The number of likely N-dealkylation sites (tertiary alicyclic amines) is 1. The maximum atomic E-state index is 12.7. The van der Waals surface area contributed by atoms with Crippen molar-refractivity contribution in [2.24, 2.45) is 5.92 Å². The van der Waals surface area contributed by atoms with Gasteiger partial charge in [0.2, 0.25) is 0 Å². The van der Waals surface area contributed by atoms with Gasteiger partial charge in [-0.2, -0.15) is 0 Å². The number of hydrogen-bond donors (Lipinski definition) is 1. The summed E-state index contributed by atoms with van der Waals surface area (Å²) in [5.41, 5.74) is 2.39. The highest BCUT2D eigenvalue weighted by molar-refractivity contribution is 5.75. The van der Waals surface area contributed by atoms with Crippen LogP contribution in [0.25, 0.3) is 0 Å². The van der Waals surface area contributed by atoms with E-state index in [1.165, 1.54) is 5.56 Å². The molecule has 5 heteroatoms. The van der Waals surface area contributed by atoms with Gasteiger partial charge < -0.3 is 15.0 Å². The minimum absolute atomic E-state index is 0.0261. The molecular formula is C20H23N3O2. The fourth-order valence-corrected chi connectivity index (χ4v) is 3.80. The quantitative estimate of drug-likeness (QED) is 0.936. The number of para-hydroxylation sites is 1. The molecule has 1 aromatic carbocycles. The van der Waals surface area contributed by atoms with Crippen molar-refractivity contribution in [2.45, 2.75) is 25.3 Å². The molecule has 0 spiro atoms. The topological polar surface area (TPSA) is 54.5 Å². The van der Waals surface area contributed by atoms with E-state index < -0.39 is 0 Å². The van der Waals surface area contributed by atoms with Crippen LogP contribution in [0.5, 0.6) is 5.75 Å². The highest BCUT2D eigenvalue weighted by Gasteiger charge is 2.30. The molecule has 0 saturated carbocycles. The number of ether oxygens (including phenoxy) is 1. The average Bonchev–Trinajstić information content (AvgIpc) is 3.16. The first-order valence-electron chi connectivity index (χ1n) is 8.96. The third-order valence-corrected chi connectivity index (χ3v) is 5.10. The van der Waals surface area contributed by atoms with Crippen LogP contribution in [-0.4, -0.2) is 35.6 Å². The Bertz CT molecular complexity index is 735. The smallest absolute Gasteiger partial charge is 0.317 e. The highest BCUT2D eigenvalue weighted by atomic mass is 16.5. The lowest BCUT2D eigenvalue weighted by molar-refractivity contribution is 0.182. The molecule has 2 aromatic rings. The summed E-state index contributed by atoms with van der Waals surface area (Å²) in [4.78, 5) is 18.7. The van der Waals surface area contributed by atoms with Crippen LogP contribution < -0.4 is 10.1 Å². The average molecular weight is 337 g/mol. The molecule has 2 aliphatic heterocycles. The standard InChI is InChI=1S/C20H23N3O2/c24-20(23-11-3-5-18(23)16-7-9-21-10-8-16)22-13-15-12-17-4-1-2-6-19(17)25-14-15/h1-2,4,6-10,15,18H,3,5,11-14H2,(H,22,24)/t15-,18-/m1/s1. The molecular weight excluding hydrogens is 314 g/mol. The third kappa shape index (κ3) is 3.45. The van der Waals surface area contributed by atoms with Crippen LogP contribution in [0.1, 0.15) is 30.0 Å². The lowest BCUT2D eigenvalue weighted by atomic mass is 9.97. The Morgan fingerprint density at radius 1 is 1.24 bits per heavy atom. The normalized spacial score (nSPS) is 22.2. The van der Waals surface area contributed by atoms with E-state index in [0.717, 1.165) is 37.1 Å². The van der Waals surface area contributed by atoms with Crippen LogP contribution in [0.3, 0.4) is 0 Å². The Morgan fingerprint density at radius 3 is 2.96 bits per heavy atom. The number of carbonyl (C=O) groups excluding carboxylic acids is 1. The van der Waals surface area contributed by atoms with Crippen molar-refractivity contribution < 1.29 is 9.53 Å². The van der Waals surface area contributed by atoms with Crippen LogP contribution in [0.2, 0.25) is 0 Å². The van der Waals surface area contributed by atoms with Gasteiger partial charge in [-0.05, 0) is 48.6 Å². The van der Waals surface area contributed by atoms with Crippen LogP contribution in [0, 0.1) is 5.92 Å². The van der Waals surface area contributed by atoms with Gasteiger partial charge in [-0.15, -0.1) is 0 Å². The van der Waals surface area contributed by atoms with Gasteiger partial charge in [0, 0.05) is 31.4 Å². The second-order valence-electron chi connectivity index (χ2n) is 6.81. The lowest BCUT2D eigenvalue weighted by Crippen LogP contribution is -2.43. The molecule has 3 heterocycles. The minimum Gasteiger partial charge on any atom is -0.493 e. The van der Waals surface area contributed by atoms with Gasteiger partial charge in [0.1, 0.15) is 5.75 Å². The molecule has 2 atom stereocenters. The number of amides is 2. The van der Waals surface area contributed by atoms with E-state index in [1.54, 1.807) is 12.4 Å². The maximum Gasteiger partial charge on any atom is 0.317 e. The zero-order valence-electron chi connectivity index (χ0n) is 14.2. The molecule has 5 nitrogen and oxygen atoms in total. The SMILES string of the molecule is O=C(NC[C@@H]1COc2ccccc2C1)N1CCC[C@@H]1c1ccncc1. The van der Waals surface area contributed by atoms with E-state index in [2.05, 4.69) is 16.4 Å². The molecule has 0 aliphatic carbocycles. The molecule has 2 aliphatic rings. The Kier molecular flexibility index (Phi) is 4.55. The number of hydrogen-bond acceptors (Lipinski definition) is 3. The van der Waals surface area contributed by atoms with E-state index in [-0.39, 0.29) is 12.1 Å². The molecule has 0 unspecified atom stereocenters. The molecule has 4 rings (SSSR count). The number of benzene rings is 1. The van der Waals surface area contributed by atoms with E-state index in [0.29, 0.717) is 19.1 Å². The molecule has 130 valence electrons. The van der Waals surface area contributed by atoms with Crippen molar-refractivity contribution in [1.82, 2.24) is 15.2 Å². The van der Waals surface area contributed by atoms with Crippen molar-refractivity contribution in [3.8, 4) is 5.75 Å². The van der Waals surface area contributed by atoms with Crippen molar-refractivity contribution in [3.05, 3.63) is 59.9 Å². The summed E-state index contributed by atoms with van der Waals surface area (Å²) in [6, 6.07) is 12.3. The predicted octanol–water partition coefficient (Wildman–Crippen LogP) is 3.18. The van der Waals surface area contributed by atoms with E-state index in [1.807, 2.05) is 35.2 Å². The van der Waals surface area contributed by atoms with Crippen LogP contribution in [0.4, 0.5) is 4.79 Å². The van der Waals surface area contributed by atoms with E-state index in [9.17, 15) is 4.79 Å². The fourth-order valence-electron chi connectivity index (χ4n) is 3.80. The number of nitrogens with one attached hydrogen (secondary N) is 1. The Balaban J connectivity index is 1.35. The minimum atomic E-state index is 0.0261. The summed E-state index contributed by atoms with van der Waals surface area (Å²) in [6.07, 6.45) is 6.59. The number of fused-ring (bicyclic) bond motifs is 1. The molecule has 0 radical (unpaired) electrons. The molecule has 1 N–H and O–H groups in total. The van der Waals surface area contributed by atoms with Gasteiger partial charge in [-0.3, -0.25) is 4.98 Å². The fraction of sp³-hybridized carbons (Fsp3) is 0.400. The number of nitrogens with zero attached hydrogens (tertiary/aromatic N) is 2. The van der Waals surface area contributed by atoms with Gasteiger partial charge in [0.15, 0.2) is 0 Å². The summed E-state index contributed by atoms with van der Waals surface area (Å²) in [6.45, 7) is 2.11. The van der Waals surface area contributed by atoms with E-state index >= 15 is 0 Å². The summed E-state index contributed by atoms with van der Waals surface area (Å²) < 4.78 is 5.81. The molecule has 0 bridgehead atoms. The van der Waals surface area contributed by atoms with Gasteiger partial charge in [0.05, 0.1) is 12.6 Å². The predicted molar refractivity (Wildman–Crippen MR) is 95.4 cm³/mol. The Morgan fingerprint density at radius 2 is 2.08 bits per heavy atom. The first-order chi connectivity index (χ1) is 12.3. The van der Waals surface area contributed by atoms with Crippen molar-refractivity contribution >= 4 is 6.03 Å². The first kappa shape index (κ1) is 15.9. The number of aromatic nitrogens is 1. The largest absolute Gasteiger partial charge is 0.493 e. The van der Waals surface area contributed by atoms with Crippen molar-refractivity contribution in [2.75, 3.05) is 19.7 Å². The first-order valence-corrected chi connectivity index (χ1v) is 8.96. The van der Waals surface area contributed by atoms with Gasteiger partial charge in [-0.1, -0.05) is 18.2 Å². The molecule has 1 aromatic heterocycles. The Hall–Kier alpha value is -2.56. The van der Waals surface area contributed by atoms with Crippen LogP contribution in [-0.2, 0) is 6.42 Å². The van der Waals surface area contributed by atoms with Crippen LogP contribution in [0.15, 0.2) is 48.8 Å². The Labute approximate surface area is 148 Å². The summed E-state index contributed by atoms with van der Waals surface area (Å²) in [5, 5.41) is 3.12. The summed E-state index contributed by atoms with van der Waals surface area (Å²) in [5.74, 6) is 1.29. The second kappa shape index (κ2) is 7.13. The van der Waals surface area contributed by atoms with Gasteiger partial charge in [-0.25, -0.2) is 4.79 Å². The number of pyridine rings is 1. The molecule has 1 fully saturated rings. The van der Waals surface area contributed by atoms with E-state index in [4.69, 9.17) is 4.74 Å². The second-order valence-corrected chi connectivity index (χ2v) is 6.81. The van der Waals surface area contributed by atoms with Gasteiger partial charge >= 0.3 is 6.03 Å². The lowest BCUT2D eigenvalue weighted by Gasteiger charge is -2.28. The molecule has 1 saturated heterocycles. The summed E-state index contributed by atoms with van der Waals surface area (Å²) >= 11 is 0. The van der Waals surface area contributed by atoms with Crippen molar-refractivity contribution in [1.29, 1.82) is 0 Å². The molecule has 2 amide bonds. The molecule has 25 heavy (non-hydrogen) atoms. The third-order valence-electron chi connectivity index (χ3n) is 5.10. The number of urea groups is 1. The van der Waals surface area contributed by atoms with Gasteiger partial charge in [0.25, 0.3) is 0 Å². The maximum absolute atomic E-state index is 12.7. The highest BCUT2D eigenvalue weighted by Crippen LogP contribution is 2.31. The zero-order valence-corrected chi connectivity index (χ0v) is 14.2. The monoisotopic (exact) mass is 337 g/mol. The number of rotatable bonds is 3. The van der Waals surface area contributed by atoms with Crippen molar-refractivity contribution in [3.63, 3.8) is 0 Å².